The van der Waals surface area contributed by atoms with E-state index in [1.807, 2.05) is 47.0 Å². The fourth-order valence-corrected chi connectivity index (χ4v) is 4.93. The van der Waals surface area contributed by atoms with Crippen molar-refractivity contribution in [1.29, 1.82) is 0 Å². The lowest BCUT2D eigenvalue weighted by Gasteiger charge is -2.18. The molecule has 1 aliphatic carbocycles. The van der Waals surface area contributed by atoms with Crippen molar-refractivity contribution >= 4 is 28.8 Å². The number of hydrogen-bond donors (Lipinski definition) is 1. The van der Waals surface area contributed by atoms with E-state index in [-0.39, 0.29) is 18.2 Å². The number of para-hydroxylation sites is 2. The van der Waals surface area contributed by atoms with Crippen molar-refractivity contribution in [3.63, 3.8) is 0 Å². The highest BCUT2D eigenvalue weighted by molar-refractivity contribution is 6.03. The van der Waals surface area contributed by atoms with E-state index in [1.165, 1.54) is 24.0 Å². The predicted molar refractivity (Wildman–Crippen MR) is 130 cm³/mol. The Hall–Kier alpha value is -3.41. The van der Waals surface area contributed by atoms with Crippen molar-refractivity contribution in [2.75, 3.05) is 18.0 Å². The van der Waals surface area contributed by atoms with Gasteiger partial charge in [0.15, 0.2) is 0 Å². The summed E-state index contributed by atoms with van der Waals surface area (Å²) in [6.45, 7) is 1.17. The van der Waals surface area contributed by atoms with Crippen LogP contribution in [0.2, 0.25) is 0 Å². The summed E-state index contributed by atoms with van der Waals surface area (Å²) < 4.78 is 1.96. The predicted octanol–water partition coefficient (Wildman–Crippen LogP) is 4.56. The van der Waals surface area contributed by atoms with Crippen LogP contribution in [0.3, 0.4) is 0 Å². The molecule has 0 saturated heterocycles. The van der Waals surface area contributed by atoms with Gasteiger partial charge in [0.05, 0.1) is 17.5 Å². The van der Waals surface area contributed by atoms with Crippen LogP contribution in [0.4, 0.5) is 5.95 Å². The molecule has 0 saturated carbocycles. The molecule has 6 nitrogen and oxygen atoms in total. The number of fused-ring (bicyclic) bond motifs is 3. The van der Waals surface area contributed by atoms with Gasteiger partial charge in [0.25, 0.3) is 5.91 Å². The molecule has 0 fully saturated rings. The van der Waals surface area contributed by atoms with E-state index >= 15 is 0 Å². The molecule has 3 aromatic rings. The third-order valence-corrected chi connectivity index (χ3v) is 6.68. The second-order valence-corrected chi connectivity index (χ2v) is 8.92. The number of carbonyl (C=O) groups is 2. The molecule has 0 bridgehead atoms. The molecule has 1 atom stereocenters. The van der Waals surface area contributed by atoms with E-state index in [0.29, 0.717) is 19.0 Å². The molecule has 2 heterocycles. The Kier molecular flexibility index (Phi) is 6.24. The van der Waals surface area contributed by atoms with Gasteiger partial charge in [-0.3, -0.25) is 19.1 Å². The third-order valence-electron chi connectivity index (χ3n) is 6.68. The molecule has 2 amide bonds. The Morgan fingerprint density at radius 1 is 1.03 bits per heavy atom. The molecular formula is C27H30N4O2. The highest BCUT2D eigenvalue weighted by atomic mass is 16.2. The molecule has 2 aliphatic rings. The topological polar surface area (TPSA) is 67.2 Å². The van der Waals surface area contributed by atoms with Gasteiger partial charge in [-0.2, -0.15) is 0 Å². The van der Waals surface area contributed by atoms with Crippen molar-refractivity contribution in [2.45, 2.75) is 51.0 Å². The molecule has 0 radical (unpaired) electrons. The second-order valence-electron chi connectivity index (χ2n) is 8.92. The molecule has 6 heteroatoms. The number of nitrogens with zero attached hydrogens (tertiary/aromatic N) is 3. The Bertz CT molecular complexity index is 1180. The zero-order valence-electron chi connectivity index (χ0n) is 18.9. The molecule has 0 spiro atoms. The summed E-state index contributed by atoms with van der Waals surface area (Å²) in [6, 6.07) is 17.4. The zero-order chi connectivity index (χ0) is 22.6. The number of aromatic nitrogens is 2. The minimum absolute atomic E-state index is 0.0297. The van der Waals surface area contributed by atoms with E-state index in [0.717, 1.165) is 36.7 Å². The molecule has 170 valence electrons. The van der Waals surface area contributed by atoms with Crippen LogP contribution < -0.4 is 10.2 Å². The Morgan fingerprint density at radius 3 is 2.67 bits per heavy atom. The smallest absolute Gasteiger partial charge is 0.253 e. The maximum Gasteiger partial charge on any atom is 0.253 e. The first kappa shape index (κ1) is 21.4. The van der Waals surface area contributed by atoms with Gasteiger partial charge in [0, 0.05) is 13.1 Å². The number of anilines is 1. The number of nitrogens with one attached hydrogen (secondary N) is 1. The largest absolute Gasteiger partial charge is 0.356 e. The van der Waals surface area contributed by atoms with E-state index in [4.69, 9.17) is 4.98 Å². The number of carbonyl (C=O) groups excluding carboxylic acids is 2. The number of benzene rings is 2. The number of amides is 2. The second kappa shape index (κ2) is 9.61. The summed E-state index contributed by atoms with van der Waals surface area (Å²) >= 11 is 0. The van der Waals surface area contributed by atoms with Gasteiger partial charge in [-0.1, -0.05) is 54.1 Å². The van der Waals surface area contributed by atoms with Crippen LogP contribution >= 0.6 is 0 Å². The van der Waals surface area contributed by atoms with Crippen molar-refractivity contribution in [2.24, 2.45) is 0 Å². The molecule has 1 aliphatic heterocycles. The fraction of sp³-hybridized carbons (Fsp3) is 0.370. The van der Waals surface area contributed by atoms with Crippen LogP contribution in [-0.2, 0) is 16.0 Å². The normalized spacial score (nSPS) is 17.8. The molecule has 5 rings (SSSR count). The average molecular weight is 443 g/mol. The first-order chi connectivity index (χ1) is 16.2. The van der Waals surface area contributed by atoms with Crippen LogP contribution in [0.25, 0.3) is 11.0 Å². The summed E-state index contributed by atoms with van der Waals surface area (Å²) in [6.07, 6.45) is 8.81. The van der Waals surface area contributed by atoms with Crippen LogP contribution in [0.15, 0.2) is 66.2 Å². The van der Waals surface area contributed by atoms with Crippen molar-refractivity contribution in [1.82, 2.24) is 14.9 Å². The molecule has 1 N–H and O–H groups in total. The number of imidazole rings is 1. The summed E-state index contributed by atoms with van der Waals surface area (Å²) in [5.41, 5.74) is 4.37. The van der Waals surface area contributed by atoms with Gasteiger partial charge in [0.1, 0.15) is 6.04 Å². The van der Waals surface area contributed by atoms with Gasteiger partial charge in [-0.05, 0) is 56.2 Å². The Labute approximate surface area is 194 Å². The Balaban J connectivity index is 1.31. The van der Waals surface area contributed by atoms with Crippen LogP contribution in [0.5, 0.6) is 0 Å². The van der Waals surface area contributed by atoms with Crippen LogP contribution in [-0.4, -0.2) is 34.5 Å². The molecular weight excluding hydrogens is 412 g/mol. The lowest BCUT2D eigenvalue weighted by molar-refractivity contribution is -0.127. The zero-order valence-corrected chi connectivity index (χ0v) is 18.9. The standard InChI is InChI=1S/C27H30N4O2/c32-25(28-17-15-20-9-3-1-4-10-20)19-24-26(33)30(18-16-21-11-5-2-6-12-21)27-29-22-13-7-8-14-23(22)31(24)27/h1,3-4,7-11,13-14,24H,2,5-6,12,15-19H2,(H,28,32)/t24-/m1/s1. The quantitative estimate of drug-likeness (QED) is 0.520. The van der Waals surface area contributed by atoms with Gasteiger partial charge < -0.3 is 5.32 Å². The monoisotopic (exact) mass is 442 g/mol. The van der Waals surface area contributed by atoms with E-state index < -0.39 is 6.04 Å². The highest BCUT2D eigenvalue weighted by Gasteiger charge is 2.40. The molecule has 0 unspecified atom stereocenters. The number of allylic oxidation sites excluding steroid dienone is 1. The summed E-state index contributed by atoms with van der Waals surface area (Å²) in [4.78, 5) is 32.8. The van der Waals surface area contributed by atoms with Crippen molar-refractivity contribution in [3.05, 3.63) is 71.8 Å². The maximum absolute atomic E-state index is 13.4. The van der Waals surface area contributed by atoms with E-state index in [9.17, 15) is 9.59 Å². The summed E-state index contributed by atoms with van der Waals surface area (Å²) in [7, 11) is 0. The SMILES string of the molecule is O=C(C[C@@H]1C(=O)N(CCC2=CCCCC2)c2nc3ccccc3n21)NCCc1ccccc1. The van der Waals surface area contributed by atoms with Gasteiger partial charge in [0.2, 0.25) is 11.9 Å². The number of rotatable bonds is 8. The first-order valence-electron chi connectivity index (χ1n) is 12.0. The lowest BCUT2D eigenvalue weighted by atomic mass is 9.97. The van der Waals surface area contributed by atoms with E-state index in [2.05, 4.69) is 23.5 Å². The summed E-state index contributed by atoms with van der Waals surface area (Å²) in [5.74, 6) is 0.530. The number of hydrogen-bond acceptors (Lipinski definition) is 3. The van der Waals surface area contributed by atoms with Gasteiger partial charge in [-0.25, -0.2) is 4.98 Å². The lowest BCUT2D eigenvalue weighted by Crippen LogP contribution is -2.34. The maximum atomic E-state index is 13.4. The first-order valence-corrected chi connectivity index (χ1v) is 12.0. The Morgan fingerprint density at radius 2 is 1.85 bits per heavy atom. The van der Waals surface area contributed by atoms with Crippen molar-refractivity contribution < 1.29 is 9.59 Å². The van der Waals surface area contributed by atoms with Crippen molar-refractivity contribution in [3.8, 4) is 0 Å². The van der Waals surface area contributed by atoms with E-state index in [1.54, 1.807) is 4.90 Å². The highest BCUT2D eigenvalue weighted by Crippen LogP contribution is 2.37. The molecule has 2 aromatic carbocycles. The molecule has 1 aromatic heterocycles. The fourth-order valence-electron chi connectivity index (χ4n) is 4.93. The molecule has 33 heavy (non-hydrogen) atoms. The van der Waals surface area contributed by atoms with Gasteiger partial charge >= 0.3 is 0 Å². The minimum Gasteiger partial charge on any atom is -0.356 e. The summed E-state index contributed by atoms with van der Waals surface area (Å²) in [5, 5.41) is 3.00. The van der Waals surface area contributed by atoms with Crippen LogP contribution in [0, 0.1) is 0 Å². The third kappa shape index (κ3) is 4.56. The van der Waals surface area contributed by atoms with Gasteiger partial charge in [-0.15, -0.1) is 0 Å². The minimum atomic E-state index is -0.551. The average Bonchev–Trinajstić information content (AvgIpc) is 3.34. The van der Waals surface area contributed by atoms with Crippen LogP contribution in [0.1, 0.15) is 50.1 Å².